The van der Waals surface area contributed by atoms with Crippen molar-refractivity contribution in [2.24, 2.45) is 0 Å². The highest BCUT2D eigenvalue weighted by Crippen LogP contribution is 2.40. The summed E-state index contributed by atoms with van der Waals surface area (Å²) in [7, 11) is 1.52. The molecule has 0 fully saturated rings. The first-order chi connectivity index (χ1) is 9.32. The lowest BCUT2D eigenvalue weighted by molar-refractivity contribution is -0.131. The molecule has 0 radical (unpaired) electrons. The summed E-state index contributed by atoms with van der Waals surface area (Å²) in [6, 6.07) is 5.39. The van der Waals surface area contributed by atoms with E-state index in [2.05, 4.69) is 5.32 Å². The second kappa shape index (κ2) is 5.32. The van der Waals surface area contributed by atoms with E-state index in [1.54, 1.807) is 13.0 Å². The average Bonchev–Trinajstić information content (AvgIpc) is 2.37. The van der Waals surface area contributed by atoms with Gasteiger partial charge in [0.25, 0.3) is 0 Å². The van der Waals surface area contributed by atoms with E-state index >= 15 is 0 Å². The van der Waals surface area contributed by atoms with Crippen molar-refractivity contribution in [3.05, 3.63) is 23.8 Å². The van der Waals surface area contributed by atoms with Crippen LogP contribution >= 0.6 is 0 Å². The van der Waals surface area contributed by atoms with E-state index in [0.717, 1.165) is 11.3 Å². The molecule has 20 heavy (non-hydrogen) atoms. The molecule has 5 heteroatoms. The predicted octanol–water partition coefficient (Wildman–Crippen LogP) is 2.02. The van der Waals surface area contributed by atoms with Gasteiger partial charge in [0.05, 0.1) is 6.04 Å². The molecular weight excluding hydrogens is 256 g/mol. The molecule has 0 bridgehead atoms. The van der Waals surface area contributed by atoms with Crippen molar-refractivity contribution in [1.82, 2.24) is 5.32 Å². The van der Waals surface area contributed by atoms with Crippen LogP contribution in [0, 0.1) is 0 Å². The number of carbonyl (C=O) groups is 1. The number of methoxy groups -OCH3 is 1. The Morgan fingerprint density at radius 1 is 1.55 bits per heavy atom. The van der Waals surface area contributed by atoms with Crippen LogP contribution in [0.5, 0.6) is 5.75 Å². The van der Waals surface area contributed by atoms with Gasteiger partial charge in [-0.15, -0.1) is 0 Å². The van der Waals surface area contributed by atoms with Crippen molar-refractivity contribution in [2.45, 2.75) is 44.9 Å². The van der Waals surface area contributed by atoms with Crippen molar-refractivity contribution in [2.75, 3.05) is 12.8 Å². The van der Waals surface area contributed by atoms with Crippen molar-refractivity contribution in [3.8, 4) is 5.75 Å². The summed E-state index contributed by atoms with van der Waals surface area (Å²) < 4.78 is 11.0. The molecule has 1 aliphatic heterocycles. The van der Waals surface area contributed by atoms with Crippen LogP contribution in [0.25, 0.3) is 0 Å². The number of hydrogen-bond acceptors (Lipinski definition) is 4. The predicted molar refractivity (Wildman–Crippen MR) is 77.5 cm³/mol. The van der Waals surface area contributed by atoms with Crippen LogP contribution in [-0.2, 0) is 9.53 Å². The van der Waals surface area contributed by atoms with E-state index in [1.165, 1.54) is 7.11 Å². The molecule has 1 amide bonds. The molecular formula is C15H22N2O3. The third-order valence-corrected chi connectivity index (χ3v) is 3.53. The number of amides is 1. The Labute approximate surface area is 119 Å². The van der Waals surface area contributed by atoms with E-state index < -0.39 is 6.10 Å². The monoisotopic (exact) mass is 278 g/mol. The molecule has 1 aromatic rings. The largest absolute Gasteiger partial charge is 0.487 e. The Balaban J connectivity index is 2.29. The minimum Gasteiger partial charge on any atom is -0.487 e. The number of nitrogen functional groups attached to an aromatic ring is 1. The fourth-order valence-corrected chi connectivity index (χ4v) is 2.40. The van der Waals surface area contributed by atoms with Crippen LogP contribution in [0.3, 0.4) is 0 Å². The van der Waals surface area contributed by atoms with Crippen molar-refractivity contribution in [3.63, 3.8) is 0 Å². The minimum atomic E-state index is -0.481. The standard InChI is InChI=1S/C15H22N2O3/c1-9(19-4)14(18)17-12-8-15(2,3)20-13-6-5-10(16)7-11(12)13/h5-7,9,12H,8,16H2,1-4H3,(H,17,18). The van der Waals surface area contributed by atoms with E-state index in [0.29, 0.717) is 12.1 Å². The normalized spacial score (nSPS) is 21.5. The smallest absolute Gasteiger partial charge is 0.249 e. The molecule has 110 valence electrons. The van der Waals surface area contributed by atoms with Crippen LogP contribution in [0.15, 0.2) is 18.2 Å². The topological polar surface area (TPSA) is 73.6 Å². The fraction of sp³-hybridized carbons (Fsp3) is 0.533. The molecule has 0 aromatic heterocycles. The number of rotatable bonds is 3. The molecule has 1 aromatic carbocycles. The van der Waals surface area contributed by atoms with Gasteiger partial charge in [-0.25, -0.2) is 0 Å². The second-order valence-electron chi connectivity index (χ2n) is 5.80. The van der Waals surface area contributed by atoms with Crippen LogP contribution in [-0.4, -0.2) is 24.7 Å². The molecule has 2 unspecified atom stereocenters. The number of carbonyl (C=O) groups excluding carboxylic acids is 1. The van der Waals surface area contributed by atoms with Crippen LogP contribution in [0.4, 0.5) is 5.69 Å². The highest BCUT2D eigenvalue weighted by Gasteiger charge is 2.35. The van der Waals surface area contributed by atoms with Gasteiger partial charge < -0.3 is 20.5 Å². The van der Waals surface area contributed by atoms with Crippen LogP contribution < -0.4 is 15.8 Å². The molecule has 0 aliphatic carbocycles. The van der Waals surface area contributed by atoms with Gasteiger partial charge in [-0.05, 0) is 39.0 Å². The number of anilines is 1. The maximum Gasteiger partial charge on any atom is 0.249 e. The third kappa shape index (κ3) is 3.04. The number of ether oxygens (including phenoxy) is 2. The SMILES string of the molecule is COC(C)C(=O)NC1CC(C)(C)Oc2ccc(N)cc21. The Morgan fingerprint density at radius 2 is 2.25 bits per heavy atom. The van der Waals surface area contributed by atoms with E-state index in [9.17, 15) is 4.79 Å². The van der Waals surface area contributed by atoms with Crippen LogP contribution in [0.1, 0.15) is 38.8 Å². The third-order valence-electron chi connectivity index (χ3n) is 3.53. The molecule has 0 spiro atoms. The molecule has 0 saturated heterocycles. The zero-order chi connectivity index (χ0) is 14.9. The molecule has 1 aliphatic rings. The zero-order valence-electron chi connectivity index (χ0n) is 12.4. The summed E-state index contributed by atoms with van der Waals surface area (Å²) >= 11 is 0. The van der Waals surface area contributed by atoms with Gasteiger partial charge in [0.1, 0.15) is 17.5 Å². The molecule has 5 nitrogen and oxygen atoms in total. The number of nitrogens with one attached hydrogen (secondary N) is 1. The van der Waals surface area contributed by atoms with E-state index in [1.807, 2.05) is 26.0 Å². The summed E-state index contributed by atoms with van der Waals surface area (Å²) in [5.74, 6) is 0.634. The minimum absolute atomic E-state index is 0.123. The number of benzene rings is 1. The average molecular weight is 278 g/mol. The molecule has 1 heterocycles. The number of fused-ring (bicyclic) bond motifs is 1. The lowest BCUT2D eigenvalue weighted by Crippen LogP contribution is -2.44. The summed E-state index contributed by atoms with van der Waals surface area (Å²) in [6.45, 7) is 5.73. The molecule has 2 rings (SSSR count). The maximum atomic E-state index is 12.0. The maximum absolute atomic E-state index is 12.0. The second-order valence-corrected chi connectivity index (χ2v) is 5.80. The summed E-state index contributed by atoms with van der Waals surface area (Å²) in [4.78, 5) is 12.0. The lowest BCUT2D eigenvalue weighted by atomic mass is 9.89. The van der Waals surface area contributed by atoms with E-state index in [4.69, 9.17) is 15.2 Å². The van der Waals surface area contributed by atoms with Crippen molar-refractivity contribution in [1.29, 1.82) is 0 Å². The van der Waals surface area contributed by atoms with Crippen molar-refractivity contribution >= 4 is 11.6 Å². The van der Waals surface area contributed by atoms with Gasteiger partial charge in [-0.2, -0.15) is 0 Å². The highest BCUT2D eigenvalue weighted by atomic mass is 16.5. The van der Waals surface area contributed by atoms with Crippen molar-refractivity contribution < 1.29 is 14.3 Å². The quantitative estimate of drug-likeness (QED) is 0.830. The fourth-order valence-electron chi connectivity index (χ4n) is 2.40. The summed E-state index contributed by atoms with van der Waals surface area (Å²) in [5, 5.41) is 3.01. The molecule has 0 saturated carbocycles. The van der Waals surface area contributed by atoms with Gasteiger partial charge in [0, 0.05) is 24.8 Å². The van der Waals surface area contributed by atoms with Crippen LogP contribution in [0.2, 0.25) is 0 Å². The number of nitrogens with two attached hydrogens (primary N) is 1. The van der Waals surface area contributed by atoms with E-state index in [-0.39, 0.29) is 17.6 Å². The highest BCUT2D eigenvalue weighted by molar-refractivity contribution is 5.81. The Bertz CT molecular complexity index is 514. The first-order valence-corrected chi connectivity index (χ1v) is 6.74. The Kier molecular flexibility index (Phi) is 3.90. The van der Waals surface area contributed by atoms with Gasteiger partial charge >= 0.3 is 0 Å². The van der Waals surface area contributed by atoms with Gasteiger partial charge in [0.2, 0.25) is 5.91 Å². The molecule has 2 atom stereocenters. The first-order valence-electron chi connectivity index (χ1n) is 6.74. The van der Waals surface area contributed by atoms with Gasteiger partial charge in [0.15, 0.2) is 0 Å². The Morgan fingerprint density at radius 3 is 2.90 bits per heavy atom. The van der Waals surface area contributed by atoms with Gasteiger partial charge in [-0.1, -0.05) is 0 Å². The lowest BCUT2D eigenvalue weighted by Gasteiger charge is -2.38. The number of hydrogen-bond donors (Lipinski definition) is 2. The molecule has 3 N–H and O–H groups in total. The zero-order valence-corrected chi connectivity index (χ0v) is 12.4. The van der Waals surface area contributed by atoms with Gasteiger partial charge in [-0.3, -0.25) is 4.79 Å². The Hall–Kier alpha value is -1.75. The first kappa shape index (κ1) is 14.7. The summed E-state index contributed by atoms with van der Waals surface area (Å²) in [6.07, 6.45) is 0.205. The summed E-state index contributed by atoms with van der Waals surface area (Å²) in [5.41, 5.74) is 7.08.